The molecule has 5 rings (SSSR count). The second kappa shape index (κ2) is 7.65. The highest BCUT2D eigenvalue weighted by molar-refractivity contribution is 5.99. The molecular weight excluding hydrogens is 421 g/mol. The molecular formula is C23H25F3N4O2. The number of anilines is 2. The summed E-state index contributed by atoms with van der Waals surface area (Å²) in [5, 5.41) is 2.86. The molecule has 6 nitrogen and oxygen atoms in total. The Morgan fingerprint density at radius 1 is 1.16 bits per heavy atom. The number of rotatable bonds is 4. The predicted octanol–water partition coefficient (Wildman–Crippen LogP) is 4.38. The van der Waals surface area contributed by atoms with Gasteiger partial charge in [0.15, 0.2) is 5.82 Å². The average molecular weight is 446 g/mol. The number of likely N-dealkylation sites (tertiary alicyclic amines) is 1. The van der Waals surface area contributed by atoms with Gasteiger partial charge in [0.25, 0.3) is 5.92 Å². The minimum atomic E-state index is -2.83. The second-order valence-corrected chi connectivity index (χ2v) is 9.12. The van der Waals surface area contributed by atoms with E-state index >= 15 is 0 Å². The molecule has 1 spiro atoms. The topological polar surface area (TPSA) is 57.7 Å². The van der Waals surface area contributed by atoms with Gasteiger partial charge < -0.3 is 19.9 Å². The lowest BCUT2D eigenvalue weighted by atomic mass is 9.62. The summed E-state index contributed by atoms with van der Waals surface area (Å²) >= 11 is 0. The number of nitrogens with zero attached hydrogens (tertiary/aromatic N) is 3. The van der Waals surface area contributed by atoms with Gasteiger partial charge in [0.2, 0.25) is 0 Å². The van der Waals surface area contributed by atoms with Gasteiger partial charge in [-0.1, -0.05) is 18.2 Å². The molecule has 9 heteroatoms. The maximum atomic E-state index is 14.6. The fourth-order valence-corrected chi connectivity index (χ4v) is 5.06. The molecule has 1 aliphatic carbocycles. The molecule has 3 fully saturated rings. The highest BCUT2D eigenvalue weighted by Crippen LogP contribution is 2.49. The Kier molecular flexibility index (Phi) is 5.03. The molecule has 3 heterocycles. The summed E-state index contributed by atoms with van der Waals surface area (Å²) in [4.78, 5) is 20.5. The highest BCUT2D eigenvalue weighted by Gasteiger charge is 2.54. The predicted molar refractivity (Wildman–Crippen MR) is 114 cm³/mol. The number of pyridine rings is 1. The molecule has 1 aromatic carbocycles. The first-order valence-electron chi connectivity index (χ1n) is 10.7. The van der Waals surface area contributed by atoms with Crippen LogP contribution < -0.4 is 10.2 Å². The van der Waals surface area contributed by atoms with Crippen LogP contribution in [0.5, 0.6) is 0 Å². The van der Waals surface area contributed by atoms with E-state index in [-0.39, 0.29) is 47.6 Å². The van der Waals surface area contributed by atoms with Crippen molar-refractivity contribution in [3.63, 3.8) is 0 Å². The van der Waals surface area contributed by atoms with Crippen molar-refractivity contribution in [2.75, 3.05) is 43.5 Å². The first-order chi connectivity index (χ1) is 15.3. The van der Waals surface area contributed by atoms with Crippen molar-refractivity contribution in [3.8, 4) is 11.1 Å². The molecule has 2 aliphatic heterocycles. The molecule has 0 bridgehead atoms. The number of carbonyl (C=O) groups is 1. The SMILES string of the molecule is COC1CC2(C1)CN(C(=O)Nc1c(-c3ccccc3F)ccnc1N1CCC(F)(F)C1)C2. The Balaban J connectivity index is 1.43. The lowest BCUT2D eigenvalue weighted by molar-refractivity contribution is -0.123. The van der Waals surface area contributed by atoms with Crippen LogP contribution in [0.3, 0.4) is 0 Å². The number of nitrogens with one attached hydrogen (secondary N) is 1. The molecule has 1 saturated carbocycles. The molecule has 170 valence electrons. The van der Waals surface area contributed by atoms with E-state index in [1.165, 1.54) is 17.2 Å². The van der Waals surface area contributed by atoms with E-state index in [0.29, 0.717) is 18.7 Å². The van der Waals surface area contributed by atoms with Crippen LogP contribution in [0.4, 0.5) is 29.5 Å². The number of halogens is 3. The monoisotopic (exact) mass is 446 g/mol. The van der Waals surface area contributed by atoms with E-state index in [2.05, 4.69) is 10.3 Å². The van der Waals surface area contributed by atoms with Crippen LogP contribution in [0.25, 0.3) is 11.1 Å². The van der Waals surface area contributed by atoms with E-state index in [9.17, 15) is 18.0 Å². The van der Waals surface area contributed by atoms with Crippen LogP contribution in [0.1, 0.15) is 19.3 Å². The van der Waals surface area contributed by atoms with Gasteiger partial charge in [0.05, 0.1) is 18.3 Å². The van der Waals surface area contributed by atoms with Crippen molar-refractivity contribution >= 4 is 17.5 Å². The molecule has 2 saturated heterocycles. The zero-order chi connectivity index (χ0) is 22.5. The minimum absolute atomic E-state index is 0.106. The Hall–Kier alpha value is -2.81. The third-order valence-corrected chi connectivity index (χ3v) is 6.79. The summed E-state index contributed by atoms with van der Waals surface area (Å²) in [6.45, 7) is 0.847. The third-order valence-electron chi connectivity index (χ3n) is 6.79. The van der Waals surface area contributed by atoms with Crippen molar-refractivity contribution in [2.24, 2.45) is 5.41 Å². The number of alkyl halides is 2. The molecule has 1 aromatic heterocycles. The smallest absolute Gasteiger partial charge is 0.322 e. The summed E-state index contributed by atoms with van der Waals surface area (Å²) in [7, 11) is 1.69. The standard InChI is InChI=1S/C23H25F3N4O2/c1-32-15-10-22(11-15)12-30(13-22)21(31)28-19-17(16-4-2-3-5-18(16)24)6-8-27-20(19)29-9-7-23(25,26)14-29/h2-6,8,15H,7,9-14H2,1H3,(H,28,31). The van der Waals surface area contributed by atoms with Gasteiger partial charge in [0.1, 0.15) is 5.82 Å². The maximum absolute atomic E-state index is 14.6. The number of benzene rings is 1. The van der Waals surface area contributed by atoms with Crippen LogP contribution in [-0.4, -0.2) is 61.2 Å². The van der Waals surface area contributed by atoms with Crippen molar-refractivity contribution in [1.29, 1.82) is 0 Å². The Morgan fingerprint density at radius 2 is 1.91 bits per heavy atom. The first kappa shape index (κ1) is 21.1. The number of hydrogen-bond acceptors (Lipinski definition) is 4. The third kappa shape index (κ3) is 3.68. The van der Waals surface area contributed by atoms with Crippen molar-refractivity contribution in [3.05, 3.63) is 42.3 Å². The zero-order valence-electron chi connectivity index (χ0n) is 17.8. The molecule has 3 aliphatic rings. The number of aromatic nitrogens is 1. The summed E-state index contributed by atoms with van der Waals surface area (Å²) in [5.41, 5.74) is 1.06. The van der Waals surface area contributed by atoms with Gasteiger partial charge in [0, 0.05) is 55.9 Å². The number of amides is 2. The second-order valence-electron chi connectivity index (χ2n) is 9.12. The van der Waals surface area contributed by atoms with Gasteiger partial charge in [-0.2, -0.15) is 0 Å². The van der Waals surface area contributed by atoms with Gasteiger partial charge in [-0.05, 0) is 25.0 Å². The number of methoxy groups -OCH3 is 1. The minimum Gasteiger partial charge on any atom is -0.381 e. The molecule has 0 atom stereocenters. The lowest BCUT2D eigenvalue weighted by Crippen LogP contribution is -2.65. The summed E-state index contributed by atoms with van der Waals surface area (Å²) in [6.07, 6.45) is 3.26. The quantitative estimate of drug-likeness (QED) is 0.758. The van der Waals surface area contributed by atoms with Crippen molar-refractivity contribution in [2.45, 2.75) is 31.3 Å². The Labute approximate surface area is 184 Å². The van der Waals surface area contributed by atoms with Gasteiger partial charge in [-0.3, -0.25) is 0 Å². The van der Waals surface area contributed by atoms with E-state index < -0.39 is 18.3 Å². The normalized spacial score (nSPS) is 21.4. The van der Waals surface area contributed by atoms with Crippen LogP contribution in [0.2, 0.25) is 0 Å². The van der Waals surface area contributed by atoms with Crippen LogP contribution in [-0.2, 0) is 4.74 Å². The maximum Gasteiger partial charge on any atom is 0.322 e. The molecule has 32 heavy (non-hydrogen) atoms. The molecule has 0 unspecified atom stereocenters. The van der Waals surface area contributed by atoms with Crippen LogP contribution in [0, 0.1) is 11.2 Å². The largest absolute Gasteiger partial charge is 0.381 e. The van der Waals surface area contributed by atoms with E-state index in [0.717, 1.165) is 12.8 Å². The van der Waals surface area contributed by atoms with Gasteiger partial charge in [-0.25, -0.2) is 22.9 Å². The summed E-state index contributed by atoms with van der Waals surface area (Å²) < 4.78 is 47.8. The lowest BCUT2D eigenvalue weighted by Gasteiger charge is -2.58. The van der Waals surface area contributed by atoms with Gasteiger partial charge >= 0.3 is 6.03 Å². The first-order valence-corrected chi connectivity index (χ1v) is 10.7. The average Bonchev–Trinajstić information content (AvgIpc) is 3.06. The number of hydrogen-bond donors (Lipinski definition) is 1. The van der Waals surface area contributed by atoms with E-state index in [4.69, 9.17) is 4.74 Å². The Bertz CT molecular complexity index is 1030. The van der Waals surface area contributed by atoms with E-state index in [1.54, 1.807) is 36.3 Å². The Morgan fingerprint density at radius 3 is 2.56 bits per heavy atom. The van der Waals surface area contributed by atoms with Crippen molar-refractivity contribution in [1.82, 2.24) is 9.88 Å². The van der Waals surface area contributed by atoms with Gasteiger partial charge in [-0.15, -0.1) is 0 Å². The molecule has 1 N–H and O–H groups in total. The van der Waals surface area contributed by atoms with Crippen LogP contribution in [0.15, 0.2) is 36.5 Å². The molecule has 2 amide bonds. The number of carbonyl (C=O) groups excluding carboxylic acids is 1. The summed E-state index contributed by atoms with van der Waals surface area (Å²) in [5.74, 6) is -3.06. The van der Waals surface area contributed by atoms with Crippen molar-refractivity contribution < 1.29 is 22.7 Å². The summed E-state index contributed by atoms with van der Waals surface area (Å²) in [6, 6.07) is 7.45. The zero-order valence-corrected chi connectivity index (χ0v) is 17.8. The van der Waals surface area contributed by atoms with E-state index in [1.807, 2.05) is 0 Å². The fraction of sp³-hybridized carbons (Fsp3) is 0.478. The van der Waals surface area contributed by atoms with Crippen LogP contribution >= 0.6 is 0 Å². The molecule has 0 radical (unpaired) electrons. The molecule has 2 aromatic rings. The fourth-order valence-electron chi connectivity index (χ4n) is 5.06. The highest BCUT2D eigenvalue weighted by atomic mass is 19.3. The number of urea groups is 1. The number of ether oxygens (including phenoxy) is 1.